The molecule has 43 heavy (non-hydrogen) atoms. The van der Waals surface area contributed by atoms with Gasteiger partial charge in [-0.1, -0.05) is 36.4 Å². The summed E-state index contributed by atoms with van der Waals surface area (Å²) < 4.78 is 7.08. The van der Waals surface area contributed by atoms with Gasteiger partial charge in [0.15, 0.2) is 5.82 Å². The van der Waals surface area contributed by atoms with Crippen LogP contribution in [0.3, 0.4) is 0 Å². The van der Waals surface area contributed by atoms with Gasteiger partial charge in [-0.05, 0) is 54.8 Å². The number of pyridine rings is 1. The fourth-order valence-corrected chi connectivity index (χ4v) is 5.04. The molecule has 2 aromatic carbocycles. The number of morpholine rings is 1. The minimum Gasteiger partial charge on any atom is -0.378 e. The van der Waals surface area contributed by atoms with Crippen molar-refractivity contribution in [1.82, 2.24) is 24.9 Å². The van der Waals surface area contributed by atoms with Gasteiger partial charge in [-0.15, -0.1) is 0 Å². The molecule has 0 aliphatic carbocycles. The Morgan fingerprint density at radius 1 is 0.953 bits per heavy atom. The van der Waals surface area contributed by atoms with Crippen molar-refractivity contribution in [3.8, 4) is 0 Å². The topological polar surface area (TPSA) is 126 Å². The molecule has 1 aliphatic heterocycles. The molecule has 5 aromatic rings. The summed E-state index contributed by atoms with van der Waals surface area (Å²) in [6.45, 7) is 7.03. The molecule has 0 atom stereocenters. The van der Waals surface area contributed by atoms with Crippen molar-refractivity contribution < 1.29 is 14.3 Å². The van der Waals surface area contributed by atoms with Crippen molar-refractivity contribution in [3.05, 3.63) is 107 Å². The fraction of sp³-hybridized carbons (Fsp3) is 0.219. The summed E-state index contributed by atoms with van der Waals surface area (Å²) in [5.74, 6) is 0.882. The highest BCUT2D eigenvalue weighted by molar-refractivity contribution is 6.05. The van der Waals surface area contributed by atoms with Crippen LogP contribution >= 0.6 is 0 Å². The van der Waals surface area contributed by atoms with E-state index in [2.05, 4.69) is 35.9 Å². The smallest absolute Gasteiger partial charge is 0.255 e. The lowest BCUT2D eigenvalue weighted by molar-refractivity contribution is 0.0949. The number of aromatic nitrogens is 4. The number of anilines is 4. The molecule has 1 fully saturated rings. The van der Waals surface area contributed by atoms with E-state index in [0.29, 0.717) is 47.9 Å². The Labute approximate surface area is 248 Å². The maximum Gasteiger partial charge on any atom is 0.255 e. The van der Waals surface area contributed by atoms with Crippen LogP contribution in [0.1, 0.15) is 37.4 Å². The summed E-state index contributed by atoms with van der Waals surface area (Å²) in [6, 6.07) is 18.9. The highest BCUT2D eigenvalue weighted by atomic mass is 16.5. The lowest BCUT2D eigenvalue weighted by atomic mass is 10.1. The maximum atomic E-state index is 13.2. The number of nitrogens with one attached hydrogen (secondary N) is 3. The van der Waals surface area contributed by atoms with E-state index < -0.39 is 0 Å². The zero-order valence-corrected chi connectivity index (χ0v) is 24.0. The van der Waals surface area contributed by atoms with Gasteiger partial charge in [-0.25, -0.2) is 14.5 Å². The number of hydrogen-bond acceptors (Lipinski definition) is 8. The van der Waals surface area contributed by atoms with E-state index in [0.717, 1.165) is 41.3 Å². The first-order valence-electron chi connectivity index (χ1n) is 14.1. The summed E-state index contributed by atoms with van der Waals surface area (Å²) in [6.07, 6.45) is 4.80. The minimum atomic E-state index is -0.232. The van der Waals surface area contributed by atoms with Gasteiger partial charge < -0.3 is 25.6 Å². The zero-order chi connectivity index (χ0) is 29.8. The predicted molar refractivity (Wildman–Crippen MR) is 165 cm³/mol. The largest absolute Gasteiger partial charge is 0.378 e. The Bertz CT molecular complexity index is 1780. The van der Waals surface area contributed by atoms with Crippen LogP contribution in [0.15, 0.2) is 79.4 Å². The number of amides is 2. The van der Waals surface area contributed by atoms with E-state index in [1.165, 1.54) is 6.33 Å². The Hall–Kier alpha value is -5.29. The van der Waals surface area contributed by atoms with Crippen LogP contribution in [0.5, 0.6) is 0 Å². The van der Waals surface area contributed by atoms with Crippen molar-refractivity contribution >= 4 is 40.3 Å². The lowest BCUT2D eigenvalue weighted by Gasteiger charge is -2.27. The molecule has 11 heteroatoms. The Kier molecular flexibility index (Phi) is 7.96. The molecule has 11 nitrogen and oxygen atoms in total. The summed E-state index contributed by atoms with van der Waals surface area (Å²) in [5.41, 5.74) is 5.84. The van der Waals surface area contributed by atoms with Crippen LogP contribution in [0.4, 0.5) is 23.0 Å². The number of ether oxygens (including phenoxy) is 1. The van der Waals surface area contributed by atoms with Gasteiger partial charge in [0.2, 0.25) is 0 Å². The Morgan fingerprint density at radius 2 is 1.77 bits per heavy atom. The number of carbonyl (C=O) groups excluding carboxylic acids is 2. The number of hydrogen-bond donors (Lipinski definition) is 3. The molecule has 0 bridgehead atoms. The van der Waals surface area contributed by atoms with E-state index >= 15 is 0 Å². The summed E-state index contributed by atoms with van der Waals surface area (Å²) >= 11 is 0. The van der Waals surface area contributed by atoms with Crippen LogP contribution < -0.4 is 20.9 Å². The summed E-state index contributed by atoms with van der Waals surface area (Å²) in [7, 11) is 0. The SMILES string of the molecule is Cc1ccc(NC(=O)c2ccnc(N3CCOCC3)c2)cc1Nc1ncnn2cc(C(=O)NCc3ccccc3)c(C)c12. The number of rotatable bonds is 8. The van der Waals surface area contributed by atoms with E-state index in [1.807, 2.05) is 62.4 Å². The highest BCUT2D eigenvalue weighted by Crippen LogP contribution is 2.29. The third kappa shape index (κ3) is 6.16. The van der Waals surface area contributed by atoms with Gasteiger partial charge in [0.1, 0.15) is 17.7 Å². The molecule has 6 rings (SSSR count). The molecule has 0 saturated carbocycles. The van der Waals surface area contributed by atoms with Gasteiger partial charge >= 0.3 is 0 Å². The standard InChI is InChI=1S/C32H32N8O3/c1-21-8-9-25(37-31(41)24-10-11-33-28(16-24)39-12-14-43-15-13-39)17-27(21)38-30-29-22(2)26(19-40(29)36-20-35-30)32(42)34-18-23-6-4-3-5-7-23/h3-11,16-17,19-20H,12-15,18H2,1-2H3,(H,34,42)(H,37,41)(H,35,36,38). The number of carbonyl (C=O) groups is 2. The molecule has 0 unspecified atom stereocenters. The summed E-state index contributed by atoms with van der Waals surface area (Å²) in [5, 5.41) is 13.7. The summed E-state index contributed by atoms with van der Waals surface area (Å²) in [4.78, 5) is 37.3. The molecule has 218 valence electrons. The quantitative estimate of drug-likeness (QED) is 0.247. The third-order valence-corrected chi connectivity index (χ3v) is 7.46. The van der Waals surface area contributed by atoms with E-state index in [4.69, 9.17) is 4.74 Å². The van der Waals surface area contributed by atoms with Crippen molar-refractivity contribution in [1.29, 1.82) is 0 Å². The molecular weight excluding hydrogens is 544 g/mol. The third-order valence-electron chi connectivity index (χ3n) is 7.46. The molecule has 1 saturated heterocycles. The van der Waals surface area contributed by atoms with Gasteiger partial charge in [-0.3, -0.25) is 9.59 Å². The number of aryl methyl sites for hydroxylation is 2. The maximum absolute atomic E-state index is 13.2. The zero-order valence-electron chi connectivity index (χ0n) is 24.0. The highest BCUT2D eigenvalue weighted by Gasteiger charge is 2.19. The van der Waals surface area contributed by atoms with Crippen LogP contribution in [0, 0.1) is 13.8 Å². The average Bonchev–Trinajstić information content (AvgIpc) is 3.39. The van der Waals surface area contributed by atoms with Crippen LogP contribution in [-0.4, -0.2) is 57.7 Å². The normalized spacial score (nSPS) is 13.1. The lowest BCUT2D eigenvalue weighted by Crippen LogP contribution is -2.36. The van der Waals surface area contributed by atoms with Gasteiger partial charge in [-0.2, -0.15) is 5.10 Å². The first-order chi connectivity index (χ1) is 21.0. The van der Waals surface area contributed by atoms with Crippen molar-refractivity contribution in [2.45, 2.75) is 20.4 Å². The first-order valence-corrected chi connectivity index (χ1v) is 14.1. The molecule has 3 aromatic heterocycles. The molecular formula is C32H32N8O3. The molecule has 0 spiro atoms. The predicted octanol–water partition coefficient (Wildman–Crippen LogP) is 4.50. The van der Waals surface area contributed by atoms with E-state index in [1.54, 1.807) is 29.0 Å². The Balaban J connectivity index is 1.20. The van der Waals surface area contributed by atoms with Crippen molar-refractivity contribution in [3.63, 3.8) is 0 Å². The average molecular weight is 577 g/mol. The second kappa shape index (κ2) is 12.3. The van der Waals surface area contributed by atoms with Crippen molar-refractivity contribution in [2.75, 3.05) is 41.8 Å². The number of fused-ring (bicyclic) bond motifs is 1. The Morgan fingerprint density at radius 3 is 2.58 bits per heavy atom. The second-order valence-corrected chi connectivity index (χ2v) is 10.3. The van der Waals surface area contributed by atoms with Crippen molar-refractivity contribution in [2.24, 2.45) is 0 Å². The van der Waals surface area contributed by atoms with Gasteiger partial charge in [0.05, 0.1) is 18.8 Å². The van der Waals surface area contributed by atoms with E-state index in [9.17, 15) is 9.59 Å². The number of benzene rings is 2. The fourth-order valence-electron chi connectivity index (χ4n) is 5.04. The molecule has 3 N–H and O–H groups in total. The molecule has 1 aliphatic rings. The molecule has 4 heterocycles. The van der Waals surface area contributed by atoms with Crippen LogP contribution in [0.2, 0.25) is 0 Å². The van der Waals surface area contributed by atoms with Gasteiger partial charge in [0, 0.05) is 49.0 Å². The first kappa shape index (κ1) is 27.9. The van der Waals surface area contributed by atoms with E-state index in [-0.39, 0.29) is 11.8 Å². The number of nitrogens with zero attached hydrogens (tertiary/aromatic N) is 5. The van der Waals surface area contributed by atoms with Crippen LogP contribution in [0.25, 0.3) is 5.52 Å². The minimum absolute atomic E-state index is 0.188. The van der Waals surface area contributed by atoms with Gasteiger partial charge in [0.25, 0.3) is 11.8 Å². The molecule has 0 radical (unpaired) electrons. The van der Waals surface area contributed by atoms with Crippen LogP contribution in [-0.2, 0) is 11.3 Å². The monoisotopic (exact) mass is 576 g/mol. The molecule has 2 amide bonds. The second-order valence-electron chi connectivity index (χ2n) is 10.3.